The van der Waals surface area contributed by atoms with Gasteiger partial charge in [0.05, 0.1) is 22.1 Å². The molecule has 0 bridgehead atoms. The molecular formula is C36H24N2. The highest BCUT2D eigenvalue weighted by Gasteiger charge is 2.22. The summed E-state index contributed by atoms with van der Waals surface area (Å²) in [6, 6.07) is 44.8. The van der Waals surface area contributed by atoms with Gasteiger partial charge in [-0.2, -0.15) is 0 Å². The maximum atomic E-state index is 2.52. The van der Waals surface area contributed by atoms with Crippen molar-refractivity contribution >= 4 is 54.4 Å². The first-order valence-corrected chi connectivity index (χ1v) is 13.4. The molecule has 0 aliphatic heterocycles. The van der Waals surface area contributed by atoms with Crippen LogP contribution in [0.1, 0.15) is 11.1 Å². The zero-order valence-corrected chi connectivity index (χ0v) is 20.9. The Morgan fingerprint density at radius 3 is 1.74 bits per heavy atom. The molecule has 0 N–H and O–H groups in total. The van der Waals surface area contributed by atoms with E-state index in [1.807, 2.05) is 0 Å². The fourth-order valence-electron chi connectivity index (χ4n) is 7.00. The average molecular weight is 485 g/mol. The van der Waals surface area contributed by atoms with Crippen molar-refractivity contribution in [3.05, 3.63) is 132 Å². The molecule has 2 heterocycles. The van der Waals surface area contributed by atoms with Gasteiger partial charge in [-0.3, -0.25) is 0 Å². The minimum Gasteiger partial charge on any atom is -0.307 e. The molecule has 8 aromatic rings. The highest BCUT2D eigenvalue weighted by Crippen LogP contribution is 2.42. The molecule has 0 radical (unpaired) electrons. The summed E-state index contributed by atoms with van der Waals surface area (Å²) in [6.45, 7) is 0. The number of benzene rings is 6. The molecule has 0 unspecified atom stereocenters. The fraction of sp³-hybridized carbons (Fsp3) is 0.0556. The van der Waals surface area contributed by atoms with Gasteiger partial charge in [-0.25, -0.2) is 0 Å². The molecule has 9 rings (SSSR count). The van der Waals surface area contributed by atoms with Gasteiger partial charge in [-0.15, -0.1) is 0 Å². The van der Waals surface area contributed by atoms with E-state index in [4.69, 9.17) is 0 Å². The van der Waals surface area contributed by atoms with E-state index >= 15 is 0 Å². The lowest BCUT2D eigenvalue weighted by Gasteiger charge is -2.14. The second kappa shape index (κ2) is 7.36. The Kier molecular flexibility index (Phi) is 3.93. The Balaban J connectivity index is 1.53. The first kappa shape index (κ1) is 20.3. The zero-order chi connectivity index (χ0) is 24.8. The summed E-state index contributed by atoms with van der Waals surface area (Å²) in [5.41, 5.74) is 10.4. The van der Waals surface area contributed by atoms with Gasteiger partial charge in [0.25, 0.3) is 0 Å². The van der Waals surface area contributed by atoms with Crippen molar-refractivity contribution in [2.24, 2.45) is 0 Å². The number of rotatable bonds is 2. The standard InChI is InChI=1S/C36H24N2/c1-2-11-26(12-3-1)37-32-15-6-4-13-28(32)30-19-20-31-29-14-5-7-16-33(29)38(36(31)35(30)37)27-21-24-10-8-9-23-17-18-25(22-27)34(23)24/h1-16,19-22H,17-18H2. The topological polar surface area (TPSA) is 9.86 Å². The van der Waals surface area contributed by atoms with Crippen molar-refractivity contribution in [2.45, 2.75) is 12.8 Å². The molecular weight excluding hydrogens is 460 g/mol. The first-order chi connectivity index (χ1) is 18.9. The van der Waals surface area contributed by atoms with Crippen LogP contribution in [0.4, 0.5) is 0 Å². The van der Waals surface area contributed by atoms with Crippen LogP contribution in [0, 0.1) is 0 Å². The summed E-state index contributed by atoms with van der Waals surface area (Å²) >= 11 is 0. The maximum Gasteiger partial charge on any atom is 0.0788 e. The van der Waals surface area contributed by atoms with Crippen LogP contribution < -0.4 is 0 Å². The summed E-state index contributed by atoms with van der Waals surface area (Å²) in [4.78, 5) is 0. The highest BCUT2D eigenvalue weighted by molar-refractivity contribution is 6.23. The number of aromatic nitrogens is 2. The quantitative estimate of drug-likeness (QED) is 0.231. The molecule has 178 valence electrons. The highest BCUT2D eigenvalue weighted by atomic mass is 15.0. The Morgan fingerprint density at radius 1 is 0.421 bits per heavy atom. The normalized spacial score (nSPS) is 13.1. The van der Waals surface area contributed by atoms with Crippen molar-refractivity contribution in [3.63, 3.8) is 0 Å². The molecule has 2 aromatic heterocycles. The SMILES string of the molecule is c1ccc(-n2c3ccccc3c3ccc4c5ccccc5n(-c5cc6c7c(cccc7c5)CC6)c4c32)cc1. The molecule has 0 spiro atoms. The first-order valence-electron chi connectivity index (χ1n) is 13.4. The van der Waals surface area contributed by atoms with Crippen LogP contribution in [0.25, 0.3) is 65.8 Å². The zero-order valence-electron chi connectivity index (χ0n) is 20.9. The molecule has 38 heavy (non-hydrogen) atoms. The fourth-order valence-corrected chi connectivity index (χ4v) is 7.00. The van der Waals surface area contributed by atoms with Crippen LogP contribution in [0.5, 0.6) is 0 Å². The average Bonchev–Trinajstić information content (AvgIpc) is 3.64. The van der Waals surface area contributed by atoms with E-state index in [1.54, 1.807) is 0 Å². The van der Waals surface area contributed by atoms with Gasteiger partial charge >= 0.3 is 0 Å². The predicted octanol–water partition coefficient (Wildman–Crippen LogP) is 9.13. The summed E-state index contributed by atoms with van der Waals surface area (Å²) < 4.78 is 4.98. The number of para-hydroxylation sites is 3. The van der Waals surface area contributed by atoms with Gasteiger partial charge in [0.15, 0.2) is 0 Å². The second-order valence-electron chi connectivity index (χ2n) is 10.5. The predicted molar refractivity (Wildman–Crippen MR) is 160 cm³/mol. The molecule has 0 saturated carbocycles. The molecule has 1 aliphatic rings. The third-order valence-electron chi connectivity index (χ3n) is 8.53. The number of nitrogens with zero attached hydrogens (tertiary/aromatic N) is 2. The van der Waals surface area contributed by atoms with Crippen LogP contribution in [-0.4, -0.2) is 9.13 Å². The second-order valence-corrected chi connectivity index (χ2v) is 10.5. The van der Waals surface area contributed by atoms with Crippen molar-refractivity contribution in [3.8, 4) is 11.4 Å². The molecule has 6 aromatic carbocycles. The number of fused-ring (bicyclic) bond motifs is 7. The van der Waals surface area contributed by atoms with Crippen molar-refractivity contribution in [1.29, 1.82) is 0 Å². The van der Waals surface area contributed by atoms with Crippen molar-refractivity contribution < 1.29 is 0 Å². The van der Waals surface area contributed by atoms with Crippen molar-refractivity contribution in [2.75, 3.05) is 0 Å². The minimum atomic E-state index is 1.11. The third-order valence-corrected chi connectivity index (χ3v) is 8.53. The van der Waals surface area contributed by atoms with Crippen molar-refractivity contribution in [1.82, 2.24) is 9.13 Å². The molecule has 0 saturated heterocycles. The van der Waals surface area contributed by atoms with E-state index in [9.17, 15) is 0 Å². The lowest BCUT2D eigenvalue weighted by Crippen LogP contribution is -1.99. The van der Waals surface area contributed by atoms with Gasteiger partial charge in [-0.1, -0.05) is 84.9 Å². The van der Waals surface area contributed by atoms with Crippen LogP contribution in [-0.2, 0) is 12.8 Å². The van der Waals surface area contributed by atoms with Crippen LogP contribution in [0.2, 0.25) is 0 Å². The summed E-state index contributed by atoms with van der Waals surface area (Å²) in [5.74, 6) is 0. The Labute approximate surface area is 220 Å². The van der Waals surface area contributed by atoms with Gasteiger partial charge in [-0.05, 0) is 71.1 Å². The lowest BCUT2D eigenvalue weighted by molar-refractivity contribution is 1.02. The van der Waals surface area contributed by atoms with Crippen LogP contribution in [0.15, 0.2) is 121 Å². The van der Waals surface area contributed by atoms with Gasteiger partial charge < -0.3 is 9.13 Å². The Morgan fingerprint density at radius 2 is 1.03 bits per heavy atom. The molecule has 0 amide bonds. The molecule has 1 aliphatic carbocycles. The lowest BCUT2D eigenvalue weighted by atomic mass is 10.0. The third kappa shape index (κ3) is 2.57. The van der Waals surface area contributed by atoms with E-state index in [-0.39, 0.29) is 0 Å². The van der Waals surface area contributed by atoms with Gasteiger partial charge in [0, 0.05) is 32.9 Å². The summed E-state index contributed by atoms with van der Waals surface area (Å²) in [6.07, 6.45) is 2.25. The molecule has 2 heteroatoms. The number of hydrogen-bond donors (Lipinski definition) is 0. The smallest absolute Gasteiger partial charge is 0.0788 e. The van der Waals surface area contributed by atoms with Gasteiger partial charge in [0.1, 0.15) is 0 Å². The summed E-state index contributed by atoms with van der Waals surface area (Å²) in [7, 11) is 0. The van der Waals surface area contributed by atoms with Crippen LogP contribution in [0.3, 0.4) is 0 Å². The van der Waals surface area contributed by atoms with E-state index in [0.29, 0.717) is 0 Å². The Hall–Kier alpha value is -4.82. The Bertz CT molecular complexity index is 2230. The van der Waals surface area contributed by atoms with E-state index in [0.717, 1.165) is 12.8 Å². The van der Waals surface area contributed by atoms with Crippen LogP contribution >= 0.6 is 0 Å². The number of aryl methyl sites for hydroxylation is 2. The van der Waals surface area contributed by atoms with E-state index in [1.165, 1.54) is 76.9 Å². The minimum absolute atomic E-state index is 1.11. The molecule has 2 nitrogen and oxygen atoms in total. The van der Waals surface area contributed by atoms with E-state index < -0.39 is 0 Å². The number of hydrogen-bond acceptors (Lipinski definition) is 0. The van der Waals surface area contributed by atoms with Gasteiger partial charge in [0.2, 0.25) is 0 Å². The largest absolute Gasteiger partial charge is 0.307 e. The summed E-state index contributed by atoms with van der Waals surface area (Å²) in [5, 5.41) is 7.95. The maximum absolute atomic E-state index is 2.52. The monoisotopic (exact) mass is 484 g/mol. The molecule has 0 fully saturated rings. The molecule has 0 atom stereocenters. The van der Waals surface area contributed by atoms with E-state index in [2.05, 4.69) is 130 Å².